The minimum Gasteiger partial charge on any atom is -0.467 e. The molecule has 0 radical (unpaired) electrons. The van der Waals surface area contributed by atoms with Crippen LogP contribution in [0, 0.1) is 0 Å². The molecule has 1 N–H and O–H groups in total. The highest BCUT2D eigenvalue weighted by atomic mass is 35.5. The Morgan fingerprint density at radius 3 is 2.74 bits per heavy atom. The molecule has 2 aliphatic heterocycles. The van der Waals surface area contributed by atoms with E-state index in [2.05, 4.69) is 10.5 Å². The molecule has 1 fully saturated rings. The molecule has 3 heterocycles. The molecular formula is C18H18Cl2N4O3. The van der Waals surface area contributed by atoms with Crippen LogP contribution in [-0.2, 0) is 9.53 Å². The van der Waals surface area contributed by atoms with E-state index in [1.165, 1.54) is 0 Å². The highest BCUT2D eigenvalue weighted by Gasteiger charge is 2.35. The van der Waals surface area contributed by atoms with Crippen molar-refractivity contribution in [1.82, 2.24) is 10.4 Å². The molecule has 0 aliphatic carbocycles. The summed E-state index contributed by atoms with van der Waals surface area (Å²) in [6.07, 6.45) is 2.01. The molecule has 1 saturated heterocycles. The molecule has 1 aromatic carbocycles. The Kier molecular flexibility index (Phi) is 5.36. The Morgan fingerprint density at radius 1 is 1.22 bits per heavy atom. The highest BCUT2D eigenvalue weighted by Crippen LogP contribution is 2.39. The van der Waals surface area contributed by atoms with Gasteiger partial charge in [-0.15, -0.1) is 0 Å². The van der Waals surface area contributed by atoms with Gasteiger partial charge >= 0.3 is 0 Å². The predicted molar refractivity (Wildman–Crippen MR) is 103 cm³/mol. The van der Waals surface area contributed by atoms with Crippen LogP contribution in [0.2, 0.25) is 10.0 Å². The summed E-state index contributed by atoms with van der Waals surface area (Å²) in [6, 6.07) is 8.58. The van der Waals surface area contributed by atoms with Crippen LogP contribution in [0.4, 0.5) is 5.69 Å². The Balaban J connectivity index is 1.60. The maximum absolute atomic E-state index is 12.7. The lowest BCUT2D eigenvalue weighted by atomic mass is 10.1. The summed E-state index contributed by atoms with van der Waals surface area (Å²) in [6.45, 7) is 2.48. The minimum atomic E-state index is -0.260. The summed E-state index contributed by atoms with van der Waals surface area (Å²) in [5.74, 6) is 0.472. The Hall–Kier alpha value is -2.06. The molecule has 0 saturated carbocycles. The quantitative estimate of drug-likeness (QED) is 0.840. The molecule has 1 atom stereocenters. The molecule has 0 spiro atoms. The third-order valence-electron chi connectivity index (χ3n) is 4.47. The third-order valence-corrected chi connectivity index (χ3v) is 5.01. The maximum atomic E-state index is 12.7. The molecule has 1 amide bonds. The van der Waals surface area contributed by atoms with Gasteiger partial charge in [-0.3, -0.25) is 15.2 Å². The van der Waals surface area contributed by atoms with Gasteiger partial charge in [0.05, 0.1) is 30.2 Å². The van der Waals surface area contributed by atoms with E-state index in [4.69, 9.17) is 32.4 Å². The number of ether oxygens (including phenoxy) is 1. The summed E-state index contributed by atoms with van der Waals surface area (Å²) in [4.78, 5) is 12.7. The van der Waals surface area contributed by atoms with Gasteiger partial charge in [-0.2, -0.15) is 5.10 Å². The van der Waals surface area contributed by atoms with Crippen LogP contribution >= 0.6 is 23.2 Å². The van der Waals surface area contributed by atoms with E-state index in [1.807, 2.05) is 17.1 Å². The smallest absolute Gasteiger partial charge is 0.281 e. The first kappa shape index (κ1) is 18.3. The van der Waals surface area contributed by atoms with Gasteiger partial charge in [-0.25, -0.2) is 5.01 Å². The molecule has 2 aromatic rings. The fourth-order valence-corrected chi connectivity index (χ4v) is 3.62. The molecule has 4 rings (SSSR count). The second-order valence-corrected chi connectivity index (χ2v) is 7.11. The first-order valence-corrected chi connectivity index (χ1v) is 9.36. The van der Waals surface area contributed by atoms with Crippen molar-refractivity contribution in [2.45, 2.75) is 12.5 Å². The first-order chi connectivity index (χ1) is 13.1. The van der Waals surface area contributed by atoms with E-state index in [0.717, 1.165) is 0 Å². The number of furan rings is 1. The molecule has 27 heavy (non-hydrogen) atoms. The average Bonchev–Trinajstić information content (AvgIpc) is 3.32. The third kappa shape index (κ3) is 3.96. The van der Waals surface area contributed by atoms with Gasteiger partial charge < -0.3 is 9.15 Å². The summed E-state index contributed by atoms with van der Waals surface area (Å²) in [7, 11) is 0. The van der Waals surface area contributed by atoms with Crippen molar-refractivity contribution >= 4 is 40.5 Å². The lowest BCUT2D eigenvalue weighted by molar-refractivity contribution is -0.121. The average molecular weight is 409 g/mol. The van der Waals surface area contributed by atoms with E-state index < -0.39 is 0 Å². The number of carbonyl (C=O) groups excluding carboxylic acids is 1. The van der Waals surface area contributed by atoms with Gasteiger partial charge in [-0.05, 0) is 30.3 Å². The summed E-state index contributed by atoms with van der Waals surface area (Å²) < 4.78 is 10.9. The number of rotatable bonds is 4. The normalized spacial score (nSPS) is 20.6. The molecule has 142 valence electrons. The molecule has 9 heteroatoms. The number of hydrogen-bond acceptors (Lipinski definition) is 6. The lowest BCUT2D eigenvalue weighted by Crippen LogP contribution is -2.50. The fourth-order valence-electron chi connectivity index (χ4n) is 3.12. The van der Waals surface area contributed by atoms with Crippen molar-refractivity contribution in [3.8, 4) is 0 Å². The summed E-state index contributed by atoms with van der Waals surface area (Å²) >= 11 is 12.4. The number of morpholine rings is 1. The van der Waals surface area contributed by atoms with Crippen LogP contribution in [0.25, 0.3) is 0 Å². The topological polar surface area (TPSA) is 70.3 Å². The number of hydrazone groups is 1. The SMILES string of the molecule is O=C(NN1CCOCC1)C1=NN(c2ccc(Cl)cc2Cl)C(c2ccco2)C1. The number of carbonyl (C=O) groups is 1. The maximum Gasteiger partial charge on any atom is 0.281 e. The van der Waals surface area contributed by atoms with Gasteiger partial charge in [0, 0.05) is 24.5 Å². The standard InChI is InChI=1S/C18H18Cl2N4O3/c19-12-3-4-15(13(20)10-12)24-16(17-2-1-7-27-17)11-14(21-24)18(25)22-23-5-8-26-9-6-23/h1-4,7,10,16H,5-6,8-9,11H2,(H,22,25). The van der Waals surface area contributed by atoms with Crippen molar-refractivity contribution in [3.63, 3.8) is 0 Å². The second kappa shape index (κ2) is 7.90. The number of hydrazine groups is 1. The number of nitrogens with one attached hydrogen (secondary N) is 1. The van der Waals surface area contributed by atoms with Crippen molar-refractivity contribution in [2.24, 2.45) is 5.10 Å². The van der Waals surface area contributed by atoms with Crippen molar-refractivity contribution in [3.05, 3.63) is 52.4 Å². The molecule has 1 unspecified atom stereocenters. The molecule has 2 aliphatic rings. The van der Waals surface area contributed by atoms with Crippen LogP contribution in [0.3, 0.4) is 0 Å². The van der Waals surface area contributed by atoms with E-state index in [-0.39, 0.29) is 11.9 Å². The number of hydrogen-bond donors (Lipinski definition) is 1. The zero-order chi connectivity index (χ0) is 18.8. The first-order valence-electron chi connectivity index (χ1n) is 8.60. The molecule has 0 bridgehead atoms. The molecular weight excluding hydrogens is 391 g/mol. The largest absolute Gasteiger partial charge is 0.467 e. The van der Waals surface area contributed by atoms with Crippen molar-refractivity contribution in [1.29, 1.82) is 0 Å². The van der Waals surface area contributed by atoms with Crippen LogP contribution in [-0.4, -0.2) is 42.9 Å². The Morgan fingerprint density at radius 2 is 2.04 bits per heavy atom. The second-order valence-electron chi connectivity index (χ2n) is 6.26. The number of nitrogens with zero attached hydrogens (tertiary/aromatic N) is 3. The fraction of sp³-hybridized carbons (Fsp3) is 0.333. The van der Waals surface area contributed by atoms with Crippen LogP contribution < -0.4 is 10.4 Å². The van der Waals surface area contributed by atoms with E-state index >= 15 is 0 Å². The van der Waals surface area contributed by atoms with Crippen molar-refractivity contribution in [2.75, 3.05) is 31.3 Å². The van der Waals surface area contributed by atoms with Gasteiger partial charge in [0.2, 0.25) is 0 Å². The Labute approximate surface area is 166 Å². The minimum absolute atomic E-state index is 0.235. The van der Waals surface area contributed by atoms with Crippen LogP contribution in [0.5, 0.6) is 0 Å². The zero-order valence-corrected chi connectivity index (χ0v) is 15.9. The van der Waals surface area contributed by atoms with Crippen molar-refractivity contribution < 1.29 is 13.9 Å². The van der Waals surface area contributed by atoms with Gasteiger partial charge in [-0.1, -0.05) is 23.2 Å². The number of benzene rings is 1. The summed E-state index contributed by atoms with van der Waals surface area (Å²) in [5.41, 5.74) is 3.97. The predicted octanol–water partition coefficient (Wildman–Crippen LogP) is 3.26. The number of anilines is 1. The summed E-state index contributed by atoms with van der Waals surface area (Å²) in [5, 5.41) is 9.09. The van der Waals surface area contributed by atoms with Gasteiger partial charge in [0.15, 0.2) is 0 Å². The highest BCUT2D eigenvalue weighted by molar-refractivity contribution is 6.40. The van der Waals surface area contributed by atoms with Gasteiger partial charge in [0.25, 0.3) is 5.91 Å². The molecule has 1 aromatic heterocycles. The van der Waals surface area contributed by atoms with Gasteiger partial charge in [0.1, 0.15) is 17.5 Å². The monoisotopic (exact) mass is 408 g/mol. The lowest BCUT2D eigenvalue weighted by Gasteiger charge is -2.26. The van der Waals surface area contributed by atoms with E-state index in [0.29, 0.717) is 59.9 Å². The molecule has 7 nitrogen and oxygen atoms in total. The zero-order valence-electron chi connectivity index (χ0n) is 14.4. The van der Waals surface area contributed by atoms with Crippen LogP contribution in [0.15, 0.2) is 46.1 Å². The number of halogens is 2. The van der Waals surface area contributed by atoms with E-state index in [9.17, 15) is 4.79 Å². The number of amides is 1. The van der Waals surface area contributed by atoms with E-state index in [1.54, 1.807) is 29.5 Å². The van der Waals surface area contributed by atoms with Crippen LogP contribution in [0.1, 0.15) is 18.2 Å². The Bertz CT molecular complexity index is 850.